The first-order valence-electron chi connectivity index (χ1n) is 5.41. The van der Waals surface area contributed by atoms with Crippen LogP contribution in [0.5, 0.6) is 0 Å². The van der Waals surface area contributed by atoms with E-state index in [1.165, 1.54) is 4.88 Å². The van der Waals surface area contributed by atoms with Gasteiger partial charge in [-0.2, -0.15) is 0 Å². The lowest BCUT2D eigenvalue weighted by atomic mass is 9.83. The van der Waals surface area contributed by atoms with Crippen LogP contribution in [0.2, 0.25) is 0 Å². The molecule has 0 radical (unpaired) electrons. The molecule has 0 saturated heterocycles. The van der Waals surface area contributed by atoms with Crippen LogP contribution >= 0.6 is 11.3 Å². The molecule has 3 heteroatoms. The molecule has 0 spiro atoms. The van der Waals surface area contributed by atoms with Crippen molar-refractivity contribution in [3.8, 4) is 0 Å². The van der Waals surface area contributed by atoms with E-state index in [0.29, 0.717) is 0 Å². The smallest absolute Gasteiger partial charge is 0.174 e. The van der Waals surface area contributed by atoms with Crippen LogP contribution in [0.25, 0.3) is 0 Å². The molecule has 78 valence electrons. The van der Waals surface area contributed by atoms with Gasteiger partial charge in [0.2, 0.25) is 0 Å². The molecule has 0 aliphatic heterocycles. The molecular formula is C12H12O2S. The molecular weight excluding hydrogens is 208 g/mol. The van der Waals surface area contributed by atoms with Crippen LogP contribution in [0, 0.1) is 11.8 Å². The first-order valence-corrected chi connectivity index (χ1v) is 6.29. The first-order chi connectivity index (χ1) is 7.27. The van der Waals surface area contributed by atoms with Crippen LogP contribution in [0.15, 0.2) is 11.4 Å². The maximum absolute atomic E-state index is 12.0. The number of aryl methyl sites for hydroxylation is 1. The zero-order valence-corrected chi connectivity index (χ0v) is 9.18. The van der Waals surface area contributed by atoms with Gasteiger partial charge in [-0.15, -0.1) is 11.3 Å². The van der Waals surface area contributed by atoms with Crippen molar-refractivity contribution in [3.05, 3.63) is 21.9 Å². The van der Waals surface area contributed by atoms with Gasteiger partial charge >= 0.3 is 0 Å². The summed E-state index contributed by atoms with van der Waals surface area (Å²) in [6.07, 6.45) is 3.64. The van der Waals surface area contributed by atoms with Crippen molar-refractivity contribution >= 4 is 22.9 Å². The topological polar surface area (TPSA) is 34.1 Å². The van der Waals surface area contributed by atoms with Gasteiger partial charge in [0.15, 0.2) is 5.78 Å². The molecule has 1 aromatic rings. The molecule has 1 atom stereocenters. The average molecular weight is 220 g/mol. The van der Waals surface area contributed by atoms with Gasteiger partial charge in [-0.05, 0) is 37.1 Å². The van der Waals surface area contributed by atoms with E-state index in [1.54, 1.807) is 11.3 Å². The number of carbonyl (C=O) groups excluding carboxylic acids is 2. The lowest BCUT2D eigenvalue weighted by Gasteiger charge is -2.19. The van der Waals surface area contributed by atoms with Crippen molar-refractivity contribution in [2.45, 2.75) is 25.7 Å². The molecule has 2 nitrogen and oxygen atoms in total. The van der Waals surface area contributed by atoms with Crippen LogP contribution in [-0.2, 0) is 11.2 Å². The van der Waals surface area contributed by atoms with E-state index >= 15 is 0 Å². The number of rotatable bonds is 2. The Morgan fingerprint density at radius 2 is 2.13 bits per heavy atom. The standard InChI is InChI=1S/C12H12O2S/c13-11(7-1-2-7)9-3-4-10-8(12(9)14)5-6-15-10/h5-7,9H,1-4H2. The Hall–Kier alpha value is -0.960. The SMILES string of the molecule is O=C1c2ccsc2CCC1C(=O)C1CC1. The molecule has 1 saturated carbocycles. The zero-order chi connectivity index (χ0) is 10.4. The van der Waals surface area contributed by atoms with Gasteiger partial charge < -0.3 is 0 Å². The lowest BCUT2D eigenvalue weighted by Crippen LogP contribution is -2.29. The van der Waals surface area contributed by atoms with Gasteiger partial charge in [-0.1, -0.05) is 0 Å². The fourth-order valence-corrected chi connectivity index (χ4v) is 3.17. The van der Waals surface area contributed by atoms with E-state index in [4.69, 9.17) is 0 Å². The van der Waals surface area contributed by atoms with Gasteiger partial charge in [0.05, 0.1) is 5.92 Å². The van der Waals surface area contributed by atoms with E-state index in [-0.39, 0.29) is 23.4 Å². The third kappa shape index (κ3) is 1.46. The number of carbonyl (C=O) groups is 2. The van der Waals surface area contributed by atoms with E-state index < -0.39 is 0 Å². The summed E-state index contributed by atoms with van der Waals surface area (Å²) in [6, 6.07) is 1.87. The maximum Gasteiger partial charge on any atom is 0.174 e. The Balaban J connectivity index is 1.89. The molecule has 0 aromatic carbocycles. The molecule has 1 fully saturated rings. The van der Waals surface area contributed by atoms with Crippen LogP contribution < -0.4 is 0 Å². The Morgan fingerprint density at radius 1 is 1.33 bits per heavy atom. The van der Waals surface area contributed by atoms with Crippen molar-refractivity contribution in [1.29, 1.82) is 0 Å². The van der Waals surface area contributed by atoms with Gasteiger partial charge in [0, 0.05) is 16.4 Å². The zero-order valence-electron chi connectivity index (χ0n) is 8.36. The normalized spacial score (nSPS) is 25.1. The van der Waals surface area contributed by atoms with Gasteiger partial charge in [-0.25, -0.2) is 0 Å². The Labute approximate surface area is 92.3 Å². The second-order valence-corrected chi connectivity index (χ2v) is 5.39. The molecule has 1 unspecified atom stereocenters. The monoisotopic (exact) mass is 220 g/mol. The molecule has 0 amide bonds. The fraction of sp³-hybridized carbons (Fsp3) is 0.500. The number of Topliss-reactive ketones (excluding diaryl/α,β-unsaturated/α-hetero) is 2. The highest BCUT2D eigenvalue weighted by Gasteiger charge is 2.40. The highest BCUT2D eigenvalue weighted by atomic mass is 32.1. The van der Waals surface area contributed by atoms with E-state index in [1.807, 2.05) is 11.4 Å². The fourth-order valence-electron chi connectivity index (χ4n) is 2.27. The van der Waals surface area contributed by atoms with Crippen LogP contribution in [0.4, 0.5) is 0 Å². The molecule has 15 heavy (non-hydrogen) atoms. The van der Waals surface area contributed by atoms with Gasteiger partial charge in [-0.3, -0.25) is 9.59 Å². The number of hydrogen-bond acceptors (Lipinski definition) is 3. The summed E-state index contributed by atoms with van der Waals surface area (Å²) in [5.41, 5.74) is 0.810. The Bertz CT molecular complexity index is 429. The van der Waals surface area contributed by atoms with Crippen LogP contribution in [-0.4, -0.2) is 11.6 Å². The highest BCUT2D eigenvalue weighted by molar-refractivity contribution is 7.10. The second-order valence-electron chi connectivity index (χ2n) is 4.39. The number of hydrogen-bond donors (Lipinski definition) is 0. The summed E-state index contributed by atoms with van der Waals surface area (Å²) in [6.45, 7) is 0. The minimum Gasteiger partial charge on any atom is -0.299 e. The van der Waals surface area contributed by atoms with Gasteiger partial charge in [0.1, 0.15) is 5.78 Å². The largest absolute Gasteiger partial charge is 0.299 e. The van der Waals surface area contributed by atoms with Gasteiger partial charge in [0.25, 0.3) is 0 Å². The van der Waals surface area contributed by atoms with Crippen molar-refractivity contribution in [2.24, 2.45) is 11.8 Å². The minimum atomic E-state index is -0.320. The van der Waals surface area contributed by atoms with E-state index in [9.17, 15) is 9.59 Å². The summed E-state index contributed by atoms with van der Waals surface area (Å²) < 4.78 is 0. The number of fused-ring (bicyclic) bond motifs is 1. The molecule has 1 heterocycles. The van der Waals surface area contributed by atoms with Crippen LogP contribution in [0.1, 0.15) is 34.5 Å². The van der Waals surface area contributed by atoms with Crippen LogP contribution in [0.3, 0.4) is 0 Å². The quantitative estimate of drug-likeness (QED) is 0.717. The predicted molar refractivity (Wildman–Crippen MR) is 58.2 cm³/mol. The van der Waals surface area contributed by atoms with Crippen molar-refractivity contribution in [1.82, 2.24) is 0 Å². The predicted octanol–water partition coefficient (Wildman–Crippen LogP) is 2.47. The number of ketones is 2. The second kappa shape index (κ2) is 3.27. The molecule has 0 N–H and O–H groups in total. The number of thiophene rings is 1. The van der Waals surface area contributed by atoms with E-state index in [0.717, 1.165) is 31.2 Å². The summed E-state index contributed by atoms with van der Waals surface area (Å²) in [5.74, 6) is 0.171. The van der Waals surface area contributed by atoms with Crippen molar-refractivity contribution in [2.75, 3.05) is 0 Å². The third-order valence-electron chi connectivity index (χ3n) is 3.31. The van der Waals surface area contributed by atoms with Crippen molar-refractivity contribution < 1.29 is 9.59 Å². The van der Waals surface area contributed by atoms with Crippen molar-refractivity contribution in [3.63, 3.8) is 0 Å². The van der Waals surface area contributed by atoms with E-state index in [2.05, 4.69) is 0 Å². The molecule has 3 rings (SSSR count). The Morgan fingerprint density at radius 3 is 2.87 bits per heavy atom. The molecule has 2 aliphatic carbocycles. The first kappa shape index (κ1) is 9.28. The molecule has 0 bridgehead atoms. The average Bonchev–Trinajstić information content (AvgIpc) is 2.97. The lowest BCUT2D eigenvalue weighted by molar-refractivity contribution is -0.122. The summed E-state index contributed by atoms with van der Waals surface area (Å²) >= 11 is 1.63. The maximum atomic E-state index is 12.0. The minimum absolute atomic E-state index is 0.0781. The Kier molecular flexibility index (Phi) is 2.02. The summed E-state index contributed by atoms with van der Waals surface area (Å²) in [4.78, 5) is 25.1. The third-order valence-corrected chi connectivity index (χ3v) is 4.29. The summed E-state index contributed by atoms with van der Waals surface area (Å²) in [5, 5.41) is 1.95. The highest BCUT2D eigenvalue weighted by Crippen LogP contribution is 2.37. The summed E-state index contributed by atoms with van der Waals surface area (Å²) in [7, 11) is 0. The molecule has 1 aromatic heterocycles. The molecule has 2 aliphatic rings.